The SMILES string of the molecule is O=C(COc1ccc([N+](=O)[O-])cc1C=C1SC(=S)N(Nc2nc3ccccc3s2)C1=O)Nc1nccs1. The molecule has 2 aromatic heterocycles. The summed E-state index contributed by atoms with van der Waals surface area (Å²) in [7, 11) is 0. The maximum absolute atomic E-state index is 13.1. The first-order valence-electron chi connectivity index (χ1n) is 10.4. The molecule has 2 amide bonds. The van der Waals surface area contributed by atoms with Crippen LogP contribution in [0, 0.1) is 10.1 Å². The van der Waals surface area contributed by atoms with Crippen molar-refractivity contribution in [2.45, 2.75) is 0 Å². The Morgan fingerprint density at radius 3 is 2.84 bits per heavy atom. The van der Waals surface area contributed by atoms with E-state index in [0.717, 1.165) is 22.0 Å². The van der Waals surface area contributed by atoms with Gasteiger partial charge in [-0.15, -0.1) is 11.3 Å². The molecule has 0 aliphatic carbocycles. The predicted octanol–water partition coefficient (Wildman–Crippen LogP) is 4.91. The third-order valence-corrected chi connectivity index (χ3v) is 7.76. The molecule has 11 nitrogen and oxygen atoms in total. The Morgan fingerprint density at radius 1 is 1.24 bits per heavy atom. The Kier molecular flexibility index (Phi) is 7.09. The fourth-order valence-electron chi connectivity index (χ4n) is 3.20. The highest BCUT2D eigenvalue weighted by atomic mass is 32.2. The molecule has 1 aliphatic heterocycles. The van der Waals surface area contributed by atoms with Crippen LogP contribution in [0.25, 0.3) is 16.3 Å². The number of nitro benzene ring substituents is 1. The number of carbonyl (C=O) groups excluding carboxylic acids is 2. The summed E-state index contributed by atoms with van der Waals surface area (Å²) in [4.78, 5) is 44.8. The number of nitrogens with one attached hydrogen (secondary N) is 2. The first kappa shape index (κ1) is 24.8. The van der Waals surface area contributed by atoms with Crippen LogP contribution in [0.5, 0.6) is 5.75 Å². The van der Waals surface area contributed by atoms with E-state index in [9.17, 15) is 19.7 Å². The largest absolute Gasteiger partial charge is 0.483 e. The zero-order valence-electron chi connectivity index (χ0n) is 18.4. The van der Waals surface area contributed by atoms with E-state index in [-0.39, 0.29) is 32.8 Å². The molecule has 0 atom stereocenters. The topological polar surface area (TPSA) is 140 Å². The summed E-state index contributed by atoms with van der Waals surface area (Å²) in [6, 6.07) is 11.4. The number of fused-ring (bicyclic) bond motifs is 1. The minimum Gasteiger partial charge on any atom is -0.483 e. The number of ether oxygens (including phenoxy) is 1. The van der Waals surface area contributed by atoms with Gasteiger partial charge in [0.1, 0.15) is 5.75 Å². The zero-order chi connectivity index (χ0) is 25.9. The van der Waals surface area contributed by atoms with Crippen molar-refractivity contribution in [1.29, 1.82) is 0 Å². The molecule has 0 bridgehead atoms. The van der Waals surface area contributed by atoms with Crippen LogP contribution in [0.2, 0.25) is 0 Å². The van der Waals surface area contributed by atoms with Gasteiger partial charge in [0.2, 0.25) is 5.13 Å². The minimum atomic E-state index is -0.559. The molecular formula is C22H14N6O5S4. The average molecular weight is 571 g/mol. The normalized spacial score (nSPS) is 14.4. The number of thiocarbonyl (C=S) groups is 1. The first-order valence-corrected chi connectivity index (χ1v) is 13.3. The second kappa shape index (κ2) is 10.6. The predicted molar refractivity (Wildman–Crippen MR) is 148 cm³/mol. The standard InChI is InChI=1S/C22H14N6O5S4/c29-18(25-20-23-7-8-35-20)11-33-15-6-5-13(28(31)32)9-12(15)10-17-19(30)27(22(34)37-17)26-21-24-14-3-1-2-4-16(14)36-21/h1-10H,11H2,(H,24,26)(H,23,25,29). The fraction of sp³-hybridized carbons (Fsp3) is 0.0455. The highest BCUT2D eigenvalue weighted by Crippen LogP contribution is 2.36. The van der Waals surface area contributed by atoms with Crippen molar-refractivity contribution in [1.82, 2.24) is 15.0 Å². The molecule has 0 saturated carbocycles. The third kappa shape index (κ3) is 5.59. The van der Waals surface area contributed by atoms with Gasteiger partial charge in [-0.3, -0.25) is 30.4 Å². The molecule has 0 spiro atoms. The number of benzene rings is 2. The lowest BCUT2D eigenvalue weighted by Crippen LogP contribution is -2.33. The third-order valence-electron chi connectivity index (χ3n) is 4.82. The number of hydrazine groups is 1. The number of rotatable bonds is 8. The van der Waals surface area contributed by atoms with Gasteiger partial charge in [-0.25, -0.2) is 9.97 Å². The Labute approximate surface area is 226 Å². The number of hydrogen-bond acceptors (Lipinski definition) is 12. The number of non-ortho nitro benzene ring substituents is 1. The van der Waals surface area contributed by atoms with Crippen LogP contribution in [0.15, 0.2) is 58.9 Å². The molecule has 4 aromatic rings. The van der Waals surface area contributed by atoms with Crippen LogP contribution in [0.4, 0.5) is 16.0 Å². The van der Waals surface area contributed by atoms with Crippen molar-refractivity contribution in [3.05, 3.63) is 74.6 Å². The second-order valence-corrected chi connectivity index (χ2v) is 10.9. The Morgan fingerprint density at radius 2 is 2.08 bits per heavy atom. The lowest BCUT2D eigenvalue weighted by atomic mass is 10.1. The average Bonchev–Trinajstić information content (AvgIpc) is 3.59. The van der Waals surface area contributed by atoms with Gasteiger partial charge in [-0.1, -0.05) is 35.2 Å². The number of nitrogens with zero attached hydrogens (tertiary/aromatic N) is 4. The van der Waals surface area contributed by atoms with Gasteiger partial charge in [0.25, 0.3) is 17.5 Å². The number of thiazole rings is 2. The first-order chi connectivity index (χ1) is 17.9. The number of amides is 2. The van der Waals surface area contributed by atoms with Crippen LogP contribution in [0.3, 0.4) is 0 Å². The van der Waals surface area contributed by atoms with Crippen LogP contribution in [-0.4, -0.2) is 42.6 Å². The summed E-state index contributed by atoms with van der Waals surface area (Å²) in [6.07, 6.45) is 3.00. The molecule has 0 unspecified atom stereocenters. The van der Waals surface area contributed by atoms with Gasteiger partial charge in [-0.05, 0) is 36.5 Å². The van der Waals surface area contributed by atoms with E-state index in [0.29, 0.717) is 10.3 Å². The molecule has 1 fully saturated rings. The molecule has 0 radical (unpaired) electrons. The van der Waals surface area contributed by atoms with Crippen LogP contribution in [-0.2, 0) is 9.59 Å². The molecule has 3 heterocycles. The summed E-state index contributed by atoms with van der Waals surface area (Å²) >= 11 is 9.03. The minimum absolute atomic E-state index is 0.185. The highest BCUT2D eigenvalue weighted by molar-refractivity contribution is 8.26. The fourth-order valence-corrected chi connectivity index (χ4v) is 5.77. The monoisotopic (exact) mass is 570 g/mol. The van der Waals surface area contributed by atoms with E-state index in [1.807, 2.05) is 24.3 Å². The van der Waals surface area contributed by atoms with Crippen molar-refractivity contribution >= 4 is 95.0 Å². The summed E-state index contributed by atoms with van der Waals surface area (Å²) in [6.45, 7) is -0.363. The molecule has 37 heavy (non-hydrogen) atoms. The van der Waals surface area contributed by atoms with Gasteiger partial charge >= 0.3 is 0 Å². The Bertz CT molecular complexity index is 1540. The molecule has 2 aromatic carbocycles. The van der Waals surface area contributed by atoms with E-state index in [1.165, 1.54) is 52.0 Å². The maximum Gasteiger partial charge on any atom is 0.285 e. The van der Waals surface area contributed by atoms with Crippen molar-refractivity contribution < 1.29 is 19.2 Å². The van der Waals surface area contributed by atoms with Crippen molar-refractivity contribution in [3.8, 4) is 5.75 Å². The molecule has 15 heteroatoms. The van der Waals surface area contributed by atoms with Gasteiger partial charge in [0.05, 0.1) is 20.0 Å². The zero-order valence-corrected chi connectivity index (χ0v) is 21.7. The van der Waals surface area contributed by atoms with Gasteiger partial charge in [0, 0.05) is 29.3 Å². The van der Waals surface area contributed by atoms with Crippen LogP contribution in [0.1, 0.15) is 5.56 Å². The number of aromatic nitrogens is 2. The van der Waals surface area contributed by atoms with E-state index >= 15 is 0 Å². The molecule has 186 valence electrons. The maximum atomic E-state index is 13.1. The second-order valence-electron chi connectivity index (χ2n) is 7.27. The van der Waals surface area contributed by atoms with E-state index in [4.69, 9.17) is 17.0 Å². The Hall–Kier alpha value is -3.92. The van der Waals surface area contributed by atoms with Crippen molar-refractivity contribution in [2.75, 3.05) is 17.3 Å². The molecule has 1 saturated heterocycles. The lowest BCUT2D eigenvalue weighted by Gasteiger charge is -2.14. The molecule has 1 aliphatic rings. The van der Waals surface area contributed by atoms with Gasteiger partial charge in [0.15, 0.2) is 16.1 Å². The molecule has 2 N–H and O–H groups in total. The van der Waals surface area contributed by atoms with Crippen LogP contribution >= 0.6 is 46.7 Å². The number of para-hydroxylation sites is 1. The lowest BCUT2D eigenvalue weighted by molar-refractivity contribution is -0.384. The Balaban J connectivity index is 1.36. The number of carbonyl (C=O) groups is 2. The smallest absolute Gasteiger partial charge is 0.285 e. The summed E-state index contributed by atoms with van der Waals surface area (Å²) in [5, 5.41) is 17.8. The van der Waals surface area contributed by atoms with Crippen LogP contribution < -0.4 is 15.5 Å². The number of hydrogen-bond donors (Lipinski definition) is 2. The number of thioether (sulfide) groups is 1. The quantitative estimate of drug-likeness (QED) is 0.130. The number of nitro groups is 1. The summed E-state index contributed by atoms with van der Waals surface area (Å²) in [5.74, 6) is -0.719. The van der Waals surface area contributed by atoms with E-state index < -0.39 is 16.7 Å². The summed E-state index contributed by atoms with van der Waals surface area (Å²) < 4.78 is 6.81. The van der Waals surface area contributed by atoms with E-state index in [1.54, 1.807) is 11.6 Å². The van der Waals surface area contributed by atoms with Gasteiger partial charge in [-0.2, -0.15) is 5.01 Å². The molecular weight excluding hydrogens is 557 g/mol. The molecule has 5 rings (SSSR count). The van der Waals surface area contributed by atoms with Crippen molar-refractivity contribution in [2.24, 2.45) is 0 Å². The van der Waals surface area contributed by atoms with Crippen molar-refractivity contribution in [3.63, 3.8) is 0 Å². The van der Waals surface area contributed by atoms with Gasteiger partial charge < -0.3 is 4.74 Å². The van der Waals surface area contributed by atoms with E-state index in [2.05, 4.69) is 20.7 Å². The summed E-state index contributed by atoms with van der Waals surface area (Å²) in [5.41, 5.74) is 3.77. The highest BCUT2D eigenvalue weighted by Gasteiger charge is 2.33. The number of anilines is 2.